The van der Waals surface area contributed by atoms with Gasteiger partial charge in [-0.2, -0.15) is 0 Å². The van der Waals surface area contributed by atoms with Crippen LogP contribution >= 0.6 is 0 Å². The monoisotopic (exact) mass is 248 g/mol. The molecule has 0 bridgehead atoms. The number of ether oxygens (including phenoxy) is 1. The molecule has 18 heavy (non-hydrogen) atoms. The van der Waals surface area contributed by atoms with Crippen LogP contribution in [0.5, 0.6) is 11.8 Å². The highest BCUT2D eigenvalue weighted by atomic mass is 16.5. The lowest BCUT2D eigenvalue weighted by Gasteiger charge is -2.05. The number of carbonyl (C=O) groups is 1. The second-order valence-corrected chi connectivity index (χ2v) is 3.60. The third kappa shape index (κ3) is 2.94. The molecular weight excluding hydrogens is 236 g/mol. The van der Waals surface area contributed by atoms with Gasteiger partial charge in [-0.05, 0) is 5.56 Å². The van der Waals surface area contributed by atoms with Gasteiger partial charge >= 0.3 is 6.09 Å². The first-order valence-corrected chi connectivity index (χ1v) is 5.24. The number of hydrogen-bond acceptors (Lipinski definition) is 4. The summed E-state index contributed by atoms with van der Waals surface area (Å²) in [4.78, 5) is 13.6. The van der Waals surface area contributed by atoms with Crippen LogP contribution in [0.4, 0.5) is 10.5 Å². The van der Waals surface area contributed by atoms with E-state index in [1.54, 1.807) is 0 Å². The van der Waals surface area contributed by atoms with E-state index in [1.165, 1.54) is 6.07 Å². The number of anilines is 1. The van der Waals surface area contributed by atoms with E-state index < -0.39 is 6.09 Å². The second kappa shape index (κ2) is 5.13. The van der Waals surface area contributed by atoms with E-state index in [9.17, 15) is 9.90 Å². The predicted octanol–water partition coefficient (Wildman–Crippen LogP) is 2.17. The Balaban J connectivity index is 1.88. The molecule has 0 fully saturated rings. The average molecular weight is 248 g/mol. The first kappa shape index (κ1) is 11.8. The summed E-state index contributed by atoms with van der Waals surface area (Å²) in [6, 6.07) is 10.4. The topological polar surface area (TPSA) is 94.6 Å². The van der Waals surface area contributed by atoms with Crippen LogP contribution in [-0.2, 0) is 11.3 Å². The smallest absolute Gasteiger partial charge is 0.412 e. The quantitative estimate of drug-likeness (QED) is 0.669. The van der Waals surface area contributed by atoms with Gasteiger partial charge in [0.25, 0.3) is 0 Å². The molecular formula is C12H12N2O4. The third-order valence-electron chi connectivity index (χ3n) is 2.23. The van der Waals surface area contributed by atoms with Crippen molar-refractivity contribution in [2.24, 2.45) is 0 Å². The molecule has 0 aliphatic rings. The summed E-state index contributed by atoms with van der Waals surface area (Å²) < 4.78 is 4.94. The lowest BCUT2D eigenvalue weighted by atomic mass is 10.2. The Morgan fingerprint density at radius 1 is 1.28 bits per heavy atom. The lowest BCUT2D eigenvalue weighted by Crippen LogP contribution is -2.13. The molecule has 2 rings (SSSR count). The zero-order valence-electron chi connectivity index (χ0n) is 9.38. The molecule has 0 saturated heterocycles. The zero-order valence-corrected chi connectivity index (χ0v) is 9.38. The van der Waals surface area contributed by atoms with Crippen molar-refractivity contribution in [1.82, 2.24) is 4.98 Å². The van der Waals surface area contributed by atoms with Gasteiger partial charge in [0.1, 0.15) is 12.3 Å². The highest BCUT2D eigenvalue weighted by molar-refractivity contribution is 5.86. The first-order chi connectivity index (χ1) is 8.65. The molecule has 1 aromatic heterocycles. The Labute approximate surface area is 103 Å². The van der Waals surface area contributed by atoms with E-state index in [4.69, 9.17) is 9.84 Å². The molecule has 4 N–H and O–H groups in total. The molecule has 1 amide bonds. The van der Waals surface area contributed by atoms with E-state index in [0.29, 0.717) is 0 Å². The predicted molar refractivity (Wildman–Crippen MR) is 64.4 cm³/mol. The summed E-state index contributed by atoms with van der Waals surface area (Å²) in [7, 11) is 0. The van der Waals surface area contributed by atoms with Gasteiger partial charge in [-0.25, -0.2) is 4.79 Å². The fourth-order valence-electron chi connectivity index (χ4n) is 1.39. The van der Waals surface area contributed by atoms with E-state index >= 15 is 0 Å². The Bertz CT molecular complexity index is 536. The Morgan fingerprint density at radius 3 is 2.61 bits per heavy atom. The number of H-pyrrole nitrogens is 1. The molecule has 2 aromatic rings. The maximum atomic E-state index is 11.4. The van der Waals surface area contributed by atoms with Crippen LogP contribution in [0.2, 0.25) is 0 Å². The maximum Gasteiger partial charge on any atom is 0.412 e. The van der Waals surface area contributed by atoms with Crippen LogP contribution < -0.4 is 5.32 Å². The molecule has 0 unspecified atom stereocenters. The van der Waals surface area contributed by atoms with Crippen LogP contribution in [0.25, 0.3) is 0 Å². The fourth-order valence-corrected chi connectivity index (χ4v) is 1.39. The summed E-state index contributed by atoms with van der Waals surface area (Å²) in [5.41, 5.74) is 0.916. The lowest BCUT2D eigenvalue weighted by molar-refractivity contribution is 0.155. The van der Waals surface area contributed by atoms with Crippen LogP contribution in [0.15, 0.2) is 36.4 Å². The van der Waals surface area contributed by atoms with Crippen LogP contribution in [0.3, 0.4) is 0 Å². The summed E-state index contributed by atoms with van der Waals surface area (Å²) in [5.74, 6) is -0.574. The van der Waals surface area contributed by atoms with Gasteiger partial charge in [0, 0.05) is 6.07 Å². The number of aromatic amines is 1. The number of nitrogens with one attached hydrogen (secondary N) is 2. The molecule has 0 aliphatic heterocycles. The minimum Gasteiger partial charge on any atom is -0.494 e. The standard InChI is InChI=1S/C12H12N2O4/c15-10-6-9(11(16)14-10)13-12(17)18-7-8-4-2-1-3-5-8/h1-6,14-16H,7H2,(H,13,17). The number of carbonyl (C=O) groups excluding carboxylic acids is 1. The van der Waals surface area contributed by atoms with E-state index in [1.807, 2.05) is 30.3 Å². The van der Waals surface area contributed by atoms with E-state index in [2.05, 4.69) is 10.3 Å². The number of amides is 1. The van der Waals surface area contributed by atoms with E-state index in [0.717, 1.165) is 5.56 Å². The van der Waals surface area contributed by atoms with Gasteiger partial charge in [-0.3, -0.25) is 10.3 Å². The van der Waals surface area contributed by atoms with Gasteiger partial charge in [0.15, 0.2) is 5.88 Å². The molecule has 6 nitrogen and oxygen atoms in total. The highest BCUT2D eigenvalue weighted by Gasteiger charge is 2.10. The first-order valence-electron chi connectivity index (χ1n) is 5.24. The fraction of sp³-hybridized carbons (Fsp3) is 0.0833. The van der Waals surface area contributed by atoms with Crippen LogP contribution in [0.1, 0.15) is 5.56 Å². The van der Waals surface area contributed by atoms with Crippen molar-refractivity contribution < 1.29 is 19.7 Å². The number of aromatic hydroxyl groups is 2. The Morgan fingerprint density at radius 2 is 2.00 bits per heavy atom. The molecule has 0 spiro atoms. The van der Waals surface area contributed by atoms with Gasteiger partial charge in [0.2, 0.25) is 5.88 Å². The zero-order chi connectivity index (χ0) is 13.0. The summed E-state index contributed by atoms with van der Waals surface area (Å²) in [6.45, 7) is 0.129. The minimum atomic E-state index is -0.715. The highest BCUT2D eigenvalue weighted by Crippen LogP contribution is 2.26. The largest absolute Gasteiger partial charge is 0.494 e. The Hall–Kier alpha value is -2.63. The summed E-state index contributed by atoms with van der Waals surface area (Å²) in [6.07, 6.45) is -0.715. The molecule has 0 saturated carbocycles. The van der Waals surface area contributed by atoms with Crippen LogP contribution in [0, 0.1) is 0 Å². The number of hydrogen-bond donors (Lipinski definition) is 4. The number of aromatic nitrogens is 1. The molecule has 6 heteroatoms. The maximum absolute atomic E-state index is 11.4. The van der Waals surface area contributed by atoms with Crippen molar-refractivity contribution in [3.05, 3.63) is 42.0 Å². The molecule has 94 valence electrons. The normalized spacial score (nSPS) is 10.0. The van der Waals surface area contributed by atoms with Crippen molar-refractivity contribution in [2.45, 2.75) is 6.61 Å². The van der Waals surface area contributed by atoms with Crippen LogP contribution in [-0.4, -0.2) is 21.3 Å². The van der Waals surface area contributed by atoms with Crippen molar-refractivity contribution >= 4 is 11.8 Å². The van der Waals surface area contributed by atoms with Gasteiger partial charge < -0.3 is 14.9 Å². The molecule has 1 heterocycles. The van der Waals surface area contributed by atoms with Crippen molar-refractivity contribution in [2.75, 3.05) is 5.32 Å². The molecule has 0 atom stereocenters. The summed E-state index contributed by atoms with van der Waals surface area (Å²) in [5, 5.41) is 20.6. The van der Waals surface area contributed by atoms with Gasteiger partial charge in [-0.15, -0.1) is 0 Å². The van der Waals surface area contributed by atoms with Gasteiger partial charge in [-0.1, -0.05) is 30.3 Å². The van der Waals surface area contributed by atoms with E-state index in [-0.39, 0.29) is 24.1 Å². The SMILES string of the molecule is O=C(Nc1cc(O)[nH]c1O)OCc1ccccc1. The minimum absolute atomic E-state index is 0.0607. The number of benzene rings is 1. The Kier molecular flexibility index (Phi) is 3.38. The molecule has 0 aliphatic carbocycles. The van der Waals surface area contributed by atoms with Crippen molar-refractivity contribution in [3.8, 4) is 11.8 Å². The second-order valence-electron chi connectivity index (χ2n) is 3.60. The molecule has 1 aromatic carbocycles. The average Bonchev–Trinajstić information content (AvgIpc) is 2.67. The van der Waals surface area contributed by atoms with Crippen molar-refractivity contribution in [3.63, 3.8) is 0 Å². The van der Waals surface area contributed by atoms with Gasteiger partial charge in [0.05, 0.1) is 0 Å². The van der Waals surface area contributed by atoms with Crippen molar-refractivity contribution in [1.29, 1.82) is 0 Å². The molecule has 0 radical (unpaired) electrons. The number of rotatable bonds is 3. The third-order valence-corrected chi connectivity index (χ3v) is 2.23. The summed E-state index contributed by atoms with van der Waals surface area (Å²) >= 11 is 0.